The summed E-state index contributed by atoms with van der Waals surface area (Å²) in [5.74, 6) is 0.0875. The number of anilines is 3. The number of rotatable bonds is 4. The molecule has 0 unspecified atom stereocenters. The van der Waals surface area contributed by atoms with Crippen LogP contribution in [0, 0.1) is 11.3 Å². The molecule has 1 aromatic heterocycles. The van der Waals surface area contributed by atoms with E-state index in [1.165, 1.54) is 0 Å². The van der Waals surface area contributed by atoms with E-state index in [1.807, 2.05) is 24.3 Å². The van der Waals surface area contributed by atoms with Crippen LogP contribution < -0.4 is 10.6 Å². The predicted molar refractivity (Wildman–Crippen MR) is 95.9 cm³/mol. The molecule has 25 heavy (non-hydrogen) atoms. The van der Waals surface area contributed by atoms with Crippen LogP contribution in [0.1, 0.15) is 16.1 Å². The monoisotopic (exact) mass is 349 g/mol. The normalized spacial score (nSPS) is 9.92. The smallest absolute Gasteiger partial charge is 0.276 e. The van der Waals surface area contributed by atoms with Gasteiger partial charge in [0.15, 0.2) is 11.5 Å². The minimum Gasteiger partial charge on any atom is -0.338 e. The van der Waals surface area contributed by atoms with Crippen molar-refractivity contribution in [1.82, 2.24) is 10.2 Å². The fraction of sp³-hybridized carbons (Fsp3) is 0. The van der Waals surface area contributed by atoms with E-state index in [1.54, 1.807) is 42.5 Å². The van der Waals surface area contributed by atoms with Gasteiger partial charge in [-0.15, -0.1) is 10.2 Å². The number of carbonyl (C=O) groups is 1. The highest BCUT2D eigenvalue weighted by atomic mass is 35.5. The van der Waals surface area contributed by atoms with Crippen molar-refractivity contribution < 1.29 is 4.79 Å². The molecule has 0 saturated carbocycles. The predicted octanol–water partition coefficient (Wildman–Crippen LogP) is 4.00. The maximum absolute atomic E-state index is 12.2. The Labute approximate surface area is 149 Å². The lowest BCUT2D eigenvalue weighted by molar-refractivity contribution is 0.102. The Morgan fingerprint density at radius 1 is 1.00 bits per heavy atom. The number of amides is 1. The van der Waals surface area contributed by atoms with Gasteiger partial charge in [0.25, 0.3) is 5.91 Å². The third-order valence-corrected chi connectivity index (χ3v) is 3.64. The van der Waals surface area contributed by atoms with Crippen molar-refractivity contribution in [3.63, 3.8) is 0 Å². The highest BCUT2D eigenvalue weighted by Gasteiger charge is 2.09. The number of carbonyl (C=O) groups excluding carboxylic acids is 1. The molecular weight excluding hydrogens is 338 g/mol. The summed E-state index contributed by atoms with van der Waals surface area (Å²) in [6.07, 6.45) is 0. The maximum Gasteiger partial charge on any atom is 0.276 e. The lowest BCUT2D eigenvalue weighted by Crippen LogP contribution is -2.14. The second-order valence-electron chi connectivity index (χ2n) is 5.05. The first kappa shape index (κ1) is 16.4. The van der Waals surface area contributed by atoms with E-state index in [0.29, 0.717) is 27.8 Å². The Morgan fingerprint density at radius 2 is 1.76 bits per heavy atom. The molecule has 0 atom stereocenters. The molecule has 2 N–H and O–H groups in total. The van der Waals surface area contributed by atoms with Crippen LogP contribution in [0.25, 0.3) is 0 Å². The van der Waals surface area contributed by atoms with Gasteiger partial charge >= 0.3 is 0 Å². The van der Waals surface area contributed by atoms with Crippen LogP contribution in [0.15, 0.2) is 60.7 Å². The number of nitrogens with one attached hydrogen (secondary N) is 2. The number of halogens is 1. The summed E-state index contributed by atoms with van der Waals surface area (Å²) < 4.78 is 0. The number of nitriles is 1. The average molecular weight is 350 g/mol. The van der Waals surface area contributed by atoms with Crippen LogP contribution >= 0.6 is 11.6 Å². The molecule has 3 rings (SSSR count). The van der Waals surface area contributed by atoms with Crippen molar-refractivity contribution in [3.8, 4) is 6.07 Å². The van der Waals surface area contributed by atoms with E-state index in [4.69, 9.17) is 16.9 Å². The molecule has 1 amide bonds. The molecule has 0 bridgehead atoms. The standard InChI is InChI=1S/C18H12ClN5O/c19-14-3-1-2-4-15(14)22-17-10-9-16(23-24-17)18(25)21-13-7-5-12(11-20)6-8-13/h1-10H,(H,21,25)(H,22,24). The van der Waals surface area contributed by atoms with Crippen LogP contribution in [-0.4, -0.2) is 16.1 Å². The van der Waals surface area contributed by atoms with Gasteiger partial charge in [-0.2, -0.15) is 5.26 Å². The van der Waals surface area contributed by atoms with Gasteiger partial charge in [0.05, 0.1) is 22.3 Å². The van der Waals surface area contributed by atoms with Gasteiger partial charge < -0.3 is 10.6 Å². The van der Waals surface area contributed by atoms with Gasteiger partial charge in [-0.3, -0.25) is 4.79 Å². The molecule has 0 aliphatic rings. The summed E-state index contributed by atoms with van der Waals surface area (Å²) in [6, 6.07) is 19.0. The lowest BCUT2D eigenvalue weighted by Gasteiger charge is -2.07. The third kappa shape index (κ3) is 4.10. The molecule has 0 radical (unpaired) electrons. The maximum atomic E-state index is 12.2. The first-order valence-corrected chi connectivity index (χ1v) is 7.70. The van der Waals surface area contributed by atoms with Gasteiger partial charge in [0, 0.05) is 5.69 Å². The first-order valence-electron chi connectivity index (χ1n) is 7.32. The first-order chi connectivity index (χ1) is 12.2. The van der Waals surface area contributed by atoms with Crippen molar-refractivity contribution >= 4 is 34.7 Å². The quantitative estimate of drug-likeness (QED) is 0.743. The van der Waals surface area contributed by atoms with Crippen LogP contribution in [0.2, 0.25) is 5.02 Å². The molecule has 2 aromatic carbocycles. The molecule has 7 heteroatoms. The van der Waals surface area contributed by atoms with Gasteiger partial charge in [0.2, 0.25) is 0 Å². The summed E-state index contributed by atoms with van der Waals surface area (Å²) >= 11 is 6.07. The van der Waals surface area contributed by atoms with Gasteiger partial charge in [-0.25, -0.2) is 0 Å². The molecule has 0 fully saturated rings. The molecule has 1 heterocycles. The number of nitrogens with zero attached hydrogens (tertiary/aromatic N) is 3. The highest BCUT2D eigenvalue weighted by Crippen LogP contribution is 2.23. The number of para-hydroxylation sites is 1. The van der Waals surface area contributed by atoms with E-state index < -0.39 is 0 Å². The summed E-state index contributed by atoms with van der Waals surface area (Å²) in [5, 5.41) is 23.0. The van der Waals surface area contributed by atoms with Crippen molar-refractivity contribution in [3.05, 3.63) is 76.9 Å². The van der Waals surface area contributed by atoms with Crippen molar-refractivity contribution in [2.75, 3.05) is 10.6 Å². The Morgan fingerprint density at radius 3 is 2.40 bits per heavy atom. The number of benzene rings is 2. The van der Waals surface area contributed by atoms with Gasteiger partial charge in [-0.05, 0) is 48.5 Å². The van der Waals surface area contributed by atoms with Crippen LogP contribution in [-0.2, 0) is 0 Å². The van der Waals surface area contributed by atoms with Crippen molar-refractivity contribution in [2.24, 2.45) is 0 Å². The summed E-state index contributed by atoms with van der Waals surface area (Å²) in [6.45, 7) is 0. The second kappa shape index (κ2) is 7.43. The van der Waals surface area contributed by atoms with Crippen LogP contribution in [0.3, 0.4) is 0 Å². The molecular formula is C18H12ClN5O. The zero-order valence-electron chi connectivity index (χ0n) is 12.9. The van der Waals surface area contributed by atoms with Crippen molar-refractivity contribution in [2.45, 2.75) is 0 Å². The fourth-order valence-corrected chi connectivity index (χ4v) is 2.23. The van der Waals surface area contributed by atoms with E-state index in [-0.39, 0.29) is 11.6 Å². The Balaban J connectivity index is 1.68. The van der Waals surface area contributed by atoms with Crippen LogP contribution in [0.5, 0.6) is 0 Å². The topological polar surface area (TPSA) is 90.7 Å². The largest absolute Gasteiger partial charge is 0.338 e. The second-order valence-corrected chi connectivity index (χ2v) is 5.46. The minimum absolute atomic E-state index is 0.175. The molecule has 0 saturated heterocycles. The molecule has 0 aliphatic heterocycles. The molecule has 122 valence electrons. The van der Waals surface area contributed by atoms with E-state index in [2.05, 4.69) is 20.8 Å². The van der Waals surface area contributed by atoms with E-state index >= 15 is 0 Å². The summed E-state index contributed by atoms with van der Waals surface area (Å²) in [5.41, 5.74) is 1.97. The fourth-order valence-electron chi connectivity index (χ4n) is 2.04. The SMILES string of the molecule is N#Cc1ccc(NC(=O)c2ccc(Nc3ccccc3Cl)nn2)cc1. The number of hydrogen-bond acceptors (Lipinski definition) is 5. The Hall–Kier alpha value is -3.43. The molecule has 3 aromatic rings. The number of hydrogen-bond donors (Lipinski definition) is 2. The number of aromatic nitrogens is 2. The van der Waals surface area contributed by atoms with E-state index in [0.717, 1.165) is 0 Å². The third-order valence-electron chi connectivity index (χ3n) is 3.31. The Kier molecular flexibility index (Phi) is 4.88. The van der Waals surface area contributed by atoms with Crippen molar-refractivity contribution in [1.29, 1.82) is 5.26 Å². The highest BCUT2D eigenvalue weighted by molar-refractivity contribution is 6.33. The van der Waals surface area contributed by atoms with Crippen LogP contribution in [0.4, 0.5) is 17.2 Å². The molecule has 0 spiro atoms. The lowest BCUT2D eigenvalue weighted by atomic mass is 10.2. The van der Waals surface area contributed by atoms with E-state index in [9.17, 15) is 4.79 Å². The molecule has 6 nitrogen and oxygen atoms in total. The minimum atomic E-state index is -0.387. The summed E-state index contributed by atoms with van der Waals surface area (Å²) in [4.78, 5) is 12.2. The average Bonchev–Trinajstić information content (AvgIpc) is 2.65. The van der Waals surface area contributed by atoms with Gasteiger partial charge in [0.1, 0.15) is 0 Å². The zero-order chi connectivity index (χ0) is 17.6. The summed E-state index contributed by atoms with van der Waals surface area (Å²) in [7, 11) is 0. The zero-order valence-corrected chi connectivity index (χ0v) is 13.7. The van der Waals surface area contributed by atoms with Gasteiger partial charge in [-0.1, -0.05) is 23.7 Å². The molecule has 0 aliphatic carbocycles. The Bertz CT molecular complexity index is 933.